The van der Waals surface area contributed by atoms with Gasteiger partial charge in [-0.3, -0.25) is 4.98 Å². The van der Waals surface area contributed by atoms with Crippen molar-refractivity contribution < 1.29 is 9.47 Å². The largest absolute Gasteiger partial charge is 0.493 e. The lowest BCUT2D eigenvalue weighted by molar-refractivity contribution is 0.271. The molecule has 5 rings (SSSR count). The fourth-order valence-electron chi connectivity index (χ4n) is 3.80. The minimum Gasteiger partial charge on any atom is -0.493 e. The number of ether oxygens (including phenoxy) is 2. The third-order valence-electron chi connectivity index (χ3n) is 5.41. The van der Waals surface area contributed by atoms with Gasteiger partial charge in [0.25, 0.3) is 0 Å². The van der Waals surface area contributed by atoms with Crippen LogP contribution in [0.25, 0.3) is 27.7 Å². The third-order valence-corrected chi connectivity index (χ3v) is 5.41. The van der Waals surface area contributed by atoms with Crippen LogP contribution < -0.4 is 15.2 Å². The van der Waals surface area contributed by atoms with E-state index in [1.807, 2.05) is 89.7 Å². The molecular formula is C28H26N4O2. The maximum atomic E-state index is 6.41. The number of para-hydroxylation sites is 1. The Morgan fingerprint density at radius 1 is 0.853 bits per heavy atom. The zero-order valence-corrected chi connectivity index (χ0v) is 19.2. The van der Waals surface area contributed by atoms with Gasteiger partial charge in [-0.1, -0.05) is 50.2 Å². The molecule has 0 aliphatic carbocycles. The van der Waals surface area contributed by atoms with Gasteiger partial charge in [0, 0.05) is 17.8 Å². The van der Waals surface area contributed by atoms with E-state index in [9.17, 15) is 0 Å². The van der Waals surface area contributed by atoms with Gasteiger partial charge in [-0.2, -0.15) is 0 Å². The van der Waals surface area contributed by atoms with Crippen LogP contribution in [-0.2, 0) is 0 Å². The Labute approximate surface area is 198 Å². The standard InChI is InChI=1S/C28H26N4O2/c1-19(2)18-33-24-10-6-7-21(15-24)32-26-17-30-16-25(27(26)28(29)31-32)20-11-13-23(14-12-20)34-22-8-4-3-5-9-22/h3-17,19H,18H2,1-2H3,(H2,29,31). The first-order valence-corrected chi connectivity index (χ1v) is 11.3. The number of aromatic nitrogens is 3. The number of nitrogens with two attached hydrogens (primary N) is 1. The van der Waals surface area contributed by atoms with Crippen LogP contribution in [0.1, 0.15) is 13.8 Å². The van der Waals surface area contributed by atoms with Crippen molar-refractivity contribution in [3.05, 3.63) is 91.3 Å². The van der Waals surface area contributed by atoms with E-state index in [4.69, 9.17) is 15.2 Å². The van der Waals surface area contributed by atoms with Crippen molar-refractivity contribution in [2.75, 3.05) is 12.3 Å². The van der Waals surface area contributed by atoms with Gasteiger partial charge >= 0.3 is 0 Å². The molecule has 170 valence electrons. The van der Waals surface area contributed by atoms with Gasteiger partial charge in [0.05, 0.1) is 29.4 Å². The number of benzene rings is 3. The van der Waals surface area contributed by atoms with Crippen LogP contribution in [-0.4, -0.2) is 21.4 Å². The fraction of sp³-hybridized carbons (Fsp3) is 0.143. The van der Waals surface area contributed by atoms with Gasteiger partial charge in [0.15, 0.2) is 5.82 Å². The molecule has 0 fully saturated rings. The summed E-state index contributed by atoms with van der Waals surface area (Å²) in [6.45, 7) is 4.90. The van der Waals surface area contributed by atoms with Gasteiger partial charge in [-0.05, 0) is 47.9 Å². The first-order chi connectivity index (χ1) is 16.6. The molecule has 0 bridgehead atoms. The zero-order valence-electron chi connectivity index (χ0n) is 19.2. The summed E-state index contributed by atoms with van der Waals surface area (Å²) in [5.74, 6) is 3.25. The molecule has 2 heterocycles. The van der Waals surface area contributed by atoms with Crippen LogP contribution in [0.5, 0.6) is 17.2 Å². The van der Waals surface area contributed by atoms with Crippen molar-refractivity contribution >= 4 is 16.7 Å². The Morgan fingerprint density at radius 2 is 1.59 bits per heavy atom. The Morgan fingerprint density at radius 3 is 2.35 bits per heavy atom. The summed E-state index contributed by atoms with van der Waals surface area (Å²) in [7, 11) is 0. The minimum atomic E-state index is 0.445. The highest BCUT2D eigenvalue weighted by Crippen LogP contribution is 2.34. The highest BCUT2D eigenvalue weighted by atomic mass is 16.5. The lowest BCUT2D eigenvalue weighted by Gasteiger charge is -2.11. The second-order valence-electron chi connectivity index (χ2n) is 8.52. The Bertz CT molecular complexity index is 1410. The average Bonchev–Trinajstić information content (AvgIpc) is 3.21. The number of fused-ring (bicyclic) bond motifs is 1. The number of nitrogen functional groups attached to an aromatic ring is 1. The summed E-state index contributed by atoms with van der Waals surface area (Å²) in [5.41, 5.74) is 10.0. The van der Waals surface area contributed by atoms with Gasteiger partial charge in [0.1, 0.15) is 17.2 Å². The van der Waals surface area contributed by atoms with Crippen LogP contribution in [0.4, 0.5) is 5.82 Å². The van der Waals surface area contributed by atoms with Crippen LogP contribution in [0.3, 0.4) is 0 Å². The summed E-state index contributed by atoms with van der Waals surface area (Å²) in [6.07, 6.45) is 3.61. The SMILES string of the molecule is CC(C)COc1cccc(-n2nc(N)c3c(-c4ccc(Oc5ccccc5)cc4)cncc32)c1. The van der Waals surface area contributed by atoms with Crippen molar-refractivity contribution in [2.24, 2.45) is 5.92 Å². The smallest absolute Gasteiger partial charge is 0.154 e. The maximum Gasteiger partial charge on any atom is 0.154 e. The molecule has 0 atom stereocenters. The minimum absolute atomic E-state index is 0.445. The molecule has 0 saturated heterocycles. The van der Waals surface area contributed by atoms with Crippen molar-refractivity contribution in [2.45, 2.75) is 13.8 Å². The average molecular weight is 451 g/mol. The summed E-state index contributed by atoms with van der Waals surface area (Å²) < 4.78 is 13.6. The van der Waals surface area contributed by atoms with Crippen LogP contribution >= 0.6 is 0 Å². The maximum absolute atomic E-state index is 6.41. The molecule has 0 aliphatic rings. The normalized spacial score (nSPS) is 11.1. The molecule has 0 radical (unpaired) electrons. The molecule has 0 aliphatic heterocycles. The molecule has 2 aromatic heterocycles. The molecule has 6 nitrogen and oxygen atoms in total. The quantitative estimate of drug-likeness (QED) is 0.306. The van der Waals surface area contributed by atoms with Crippen molar-refractivity contribution in [1.82, 2.24) is 14.8 Å². The molecule has 0 spiro atoms. The molecule has 3 aromatic carbocycles. The van der Waals surface area contributed by atoms with Gasteiger partial charge in [-0.25, -0.2) is 4.68 Å². The Hall–Kier alpha value is -4.32. The third kappa shape index (κ3) is 4.43. The molecule has 0 saturated carbocycles. The number of hydrogen-bond donors (Lipinski definition) is 1. The fourth-order valence-corrected chi connectivity index (χ4v) is 3.80. The molecule has 0 unspecified atom stereocenters. The van der Waals surface area contributed by atoms with E-state index in [1.54, 1.807) is 6.20 Å². The Kier molecular flexibility index (Phi) is 5.87. The predicted octanol–water partition coefficient (Wildman–Crippen LogP) is 6.50. The monoisotopic (exact) mass is 450 g/mol. The van der Waals surface area contributed by atoms with E-state index in [-0.39, 0.29) is 0 Å². The van der Waals surface area contributed by atoms with Crippen molar-refractivity contribution in [3.63, 3.8) is 0 Å². The van der Waals surface area contributed by atoms with Crippen LogP contribution in [0, 0.1) is 5.92 Å². The topological polar surface area (TPSA) is 75.2 Å². The first-order valence-electron chi connectivity index (χ1n) is 11.3. The zero-order chi connectivity index (χ0) is 23.5. The lowest BCUT2D eigenvalue weighted by atomic mass is 10.0. The molecule has 6 heteroatoms. The number of hydrogen-bond acceptors (Lipinski definition) is 5. The highest BCUT2D eigenvalue weighted by molar-refractivity contribution is 6.01. The first kappa shape index (κ1) is 21.5. The number of pyridine rings is 1. The summed E-state index contributed by atoms with van der Waals surface area (Å²) in [4.78, 5) is 4.48. The molecule has 34 heavy (non-hydrogen) atoms. The summed E-state index contributed by atoms with van der Waals surface area (Å²) in [6, 6.07) is 25.5. The second-order valence-corrected chi connectivity index (χ2v) is 8.52. The lowest BCUT2D eigenvalue weighted by Crippen LogP contribution is -2.05. The van der Waals surface area contributed by atoms with E-state index >= 15 is 0 Å². The molecule has 2 N–H and O–H groups in total. The van der Waals surface area contributed by atoms with E-state index < -0.39 is 0 Å². The van der Waals surface area contributed by atoms with Gasteiger partial charge in [-0.15, -0.1) is 5.10 Å². The number of nitrogens with zero attached hydrogens (tertiary/aromatic N) is 3. The van der Waals surface area contributed by atoms with Crippen molar-refractivity contribution in [3.8, 4) is 34.1 Å². The number of rotatable bonds is 7. The molecular weight excluding hydrogens is 424 g/mol. The highest BCUT2D eigenvalue weighted by Gasteiger charge is 2.16. The predicted molar refractivity (Wildman–Crippen MR) is 136 cm³/mol. The van der Waals surface area contributed by atoms with Crippen LogP contribution in [0.2, 0.25) is 0 Å². The van der Waals surface area contributed by atoms with E-state index in [0.29, 0.717) is 18.3 Å². The van der Waals surface area contributed by atoms with Crippen molar-refractivity contribution in [1.29, 1.82) is 0 Å². The molecule has 5 aromatic rings. The second kappa shape index (κ2) is 9.27. The van der Waals surface area contributed by atoms with Crippen LogP contribution in [0.15, 0.2) is 91.3 Å². The van der Waals surface area contributed by atoms with E-state index in [0.717, 1.165) is 45.0 Å². The Balaban J connectivity index is 1.48. The van der Waals surface area contributed by atoms with E-state index in [1.165, 1.54) is 0 Å². The van der Waals surface area contributed by atoms with E-state index in [2.05, 4.69) is 23.9 Å². The van der Waals surface area contributed by atoms with Gasteiger partial charge < -0.3 is 15.2 Å². The number of anilines is 1. The molecule has 0 amide bonds. The summed E-state index contributed by atoms with van der Waals surface area (Å²) >= 11 is 0. The van der Waals surface area contributed by atoms with Gasteiger partial charge in [0.2, 0.25) is 0 Å². The summed E-state index contributed by atoms with van der Waals surface area (Å²) in [5, 5.41) is 5.49.